The Morgan fingerprint density at radius 2 is 1.93 bits per heavy atom. The van der Waals surface area contributed by atoms with Gasteiger partial charge in [0, 0.05) is 11.1 Å². The van der Waals surface area contributed by atoms with Crippen LogP contribution in [0.3, 0.4) is 0 Å². The first-order valence-electron chi connectivity index (χ1n) is 8.84. The van der Waals surface area contributed by atoms with E-state index in [2.05, 4.69) is 17.1 Å². The van der Waals surface area contributed by atoms with E-state index in [0.717, 1.165) is 11.1 Å². The van der Waals surface area contributed by atoms with Crippen molar-refractivity contribution >= 4 is 23.0 Å². The molecule has 0 bridgehead atoms. The summed E-state index contributed by atoms with van der Waals surface area (Å²) < 4.78 is 19.4. The van der Waals surface area contributed by atoms with Crippen LogP contribution in [-0.2, 0) is 0 Å². The molecule has 1 aliphatic rings. The number of anilines is 1. The second kappa shape index (κ2) is 6.78. The highest BCUT2D eigenvalue weighted by atomic mass is 19.1. The Morgan fingerprint density at radius 1 is 1.14 bits per heavy atom. The van der Waals surface area contributed by atoms with Gasteiger partial charge in [0.1, 0.15) is 35.3 Å². The largest absolute Gasteiger partial charge is 0.457 e. The van der Waals surface area contributed by atoms with E-state index in [1.807, 2.05) is 6.92 Å². The van der Waals surface area contributed by atoms with Crippen molar-refractivity contribution in [1.82, 2.24) is 4.98 Å². The second-order valence-electron chi connectivity index (χ2n) is 6.71. The molecule has 140 valence electrons. The predicted octanol–water partition coefficient (Wildman–Crippen LogP) is 5.09. The molecular weight excluding hydrogens is 367 g/mol. The van der Waals surface area contributed by atoms with E-state index in [1.165, 1.54) is 12.1 Å². The van der Waals surface area contributed by atoms with Gasteiger partial charge in [-0.05, 0) is 60.9 Å². The van der Waals surface area contributed by atoms with Crippen molar-refractivity contribution in [2.75, 3.05) is 5.73 Å². The number of hydrogen-bond donors (Lipinski definition) is 1. The summed E-state index contributed by atoms with van der Waals surface area (Å²) in [4.78, 5) is 4.30. The lowest BCUT2D eigenvalue weighted by Crippen LogP contribution is -2.03. The number of rotatable bonds is 2. The predicted molar refractivity (Wildman–Crippen MR) is 108 cm³/mol. The zero-order valence-corrected chi connectivity index (χ0v) is 15.7. The number of nitriles is 2. The number of fused-ring (bicyclic) bond motifs is 1. The van der Waals surface area contributed by atoms with Gasteiger partial charge in [0.2, 0.25) is 0 Å². The fourth-order valence-electron chi connectivity index (χ4n) is 3.57. The maximum atomic E-state index is 13.5. The number of furan rings is 1. The summed E-state index contributed by atoms with van der Waals surface area (Å²) in [6.45, 7) is 3.61. The molecule has 6 heteroatoms. The molecule has 29 heavy (non-hydrogen) atoms. The number of nitrogens with two attached hydrogens (primary N) is 1. The maximum Gasteiger partial charge on any atom is 0.142 e. The van der Waals surface area contributed by atoms with Crippen LogP contribution in [0, 0.1) is 35.4 Å². The summed E-state index contributed by atoms with van der Waals surface area (Å²) in [7, 11) is 0. The molecule has 4 rings (SSSR count). The first kappa shape index (κ1) is 18.2. The molecule has 0 aliphatic heterocycles. The summed E-state index contributed by atoms with van der Waals surface area (Å²) in [5.41, 5.74) is 10.6. The molecule has 0 saturated carbocycles. The van der Waals surface area contributed by atoms with E-state index in [9.17, 15) is 14.9 Å². The molecule has 2 aromatic heterocycles. The minimum atomic E-state index is -0.343. The van der Waals surface area contributed by atoms with Crippen LogP contribution < -0.4 is 5.73 Å². The molecule has 1 aliphatic carbocycles. The zero-order chi connectivity index (χ0) is 20.7. The van der Waals surface area contributed by atoms with Crippen molar-refractivity contribution in [1.29, 1.82) is 10.5 Å². The Hall–Kier alpha value is -4.16. The van der Waals surface area contributed by atoms with Gasteiger partial charge in [0.25, 0.3) is 0 Å². The summed E-state index contributed by atoms with van der Waals surface area (Å²) in [5, 5.41) is 19.0. The zero-order valence-electron chi connectivity index (χ0n) is 15.7. The lowest BCUT2D eigenvalue weighted by molar-refractivity contribution is 0.570. The third-order valence-corrected chi connectivity index (χ3v) is 5.01. The fourth-order valence-corrected chi connectivity index (χ4v) is 3.57. The average molecular weight is 382 g/mol. The van der Waals surface area contributed by atoms with Gasteiger partial charge in [-0.2, -0.15) is 10.5 Å². The molecule has 0 spiro atoms. The monoisotopic (exact) mass is 382 g/mol. The maximum absolute atomic E-state index is 13.5. The average Bonchev–Trinajstić information content (AvgIpc) is 3.25. The van der Waals surface area contributed by atoms with Crippen molar-refractivity contribution in [3.05, 3.63) is 75.9 Å². The van der Waals surface area contributed by atoms with Crippen molar-refractivity contribution in [2.24, 2.45) is 0 Å². The van der Waals surface area contributed by atoms with E-state index in [-0.39, 0.29) is 11.6 Å². The first-order valence-corrected chi connectivity index (χ1v) is 8.84. The molecule has 0 radical (unpaired) electrons. The molecule has 0 unspecified atom stereocenters. The van der Waals surface area contributed by atoms with Crippen molar-refractivity contribution < 1.29 is 8.81 Å². The quantitative estimate of drug-likeness (QED) is 0.665. The number of nitrogen functional groups attached to an aromatic ring is 1. The number of aromatic nitrogens is 1. The molecule has 1 aromatic carbocycles. The Bertz CT molecular complexity index is 1320. The highest BCUT2D eigenvalue weighted by Crippen LogP contribution is 2.44. The third kappa shape index (κ3) is 2.88. The van der Waals surface area contributed by atoms with Gasteiger partial charge in [-0.25, -0.2) is 9.37 Å². The SMILES string of the molecule is CC1=C(C#N)c2nc(N)c(C#N)c(C)c2/C1=C/c1ccc(-c2cccc(F)c2)o1. The Kier molecular flexibility index (Phi) is 4.26. The highest BCUT2D eigenvalue weighted by Gasteiger charge is 2.29. The van der Waals surface area contributed by atoms with Crippen molar-refractivity contribution in [2.45, 2.75) is 13.8 Å². The number of hydrogen-bond acceptors (Lipinski definition) is 5. The van der Waals surface area contributed by atoms with Crippen LogP contribution in [0.5, 0.6) is 0 Å². The summed E-state index contributed by atoms with van der Waals surface area (Å²) >= 11 is 0. The topological polar surface area (TPSA) is 99.6 Å². The first-order chi connectivity index (χ1) is 13.9. The summed E-state index contributed by atoms with van der Waals surface area (Å²) in [5.74, 6) is 0.835. The minimum absolute atomic E-state index is 0.108. The Balaban J connectivity index is 1.87. The van der Waals surface area contributed by atoms with Gasteiger partial charge in [0.05, 0.1) is 16.8 Å². The van der Waals surface area contributed by atoms with Gasteiger partial charge in [-0.3, -0.25) is 0 Å². The number of allylic oxidation sites excluding steroid dienone is 3. The van der Waals surface area contributed by atoms with Crippen LogP contribution in [-0.4, -0.2) is 4.98 Å². The summed E-state index contributed by atoms with van der Waals surface area (Å²) in [6.07, 6.45) is 1.80. The van der Waals surface area contributed by atoms with Gasteiger partial charge < -0.3 is 10.2 Å². The lowest BCUT2D eigenvalue weighted by Gasteiger charge is -2.10. The molecule has 5 nitrogen and oxygen atoms in total. The van der Waals surface area contributed by atoms with Crippen LogP contribution in [0.25, 0.3) is 28.5 Å². The fraction of sp³-hybridized carbons (Fsp3) is 0.0870. The smallest absolute Gasteiger partial charge is 0.142 e. The number of pyridine rings is 1. The standard InChI is InChI=1S/C23H15FN4O/c1-12-17(9-16-6-7-20(29-16)14-4-3-5-15(24)8-14)21-13(2)19(11-26)23(27)28-22(21)18(12)10-25/h3-9H,1-2H3,(H2,27,28)/b17-9+. The minimum Gasteiger partial charge on any atom is -0.457 e. The molecule has 2 heterocycles. The van der Waals surface area contributed by atoms with E-state index < -0.39 is 0 Å². The third-order valence-electron chi connectivity index (χ3n) is 5.01. The van der Waals surface area contributed by atoms with Crippen LogP contribution in [0.2, 0.25) is 0 Å². The van der Waals surface area contributed by atoms with Gasteiger partial charge >= 0.3 is 0 Å². The van der Waals surface area contributed by atoms with E-state index in [4.69, 9.17) is 10.2 Å². The second-order valence-corrected chi connectivity index (χ2v) is 6.71. The normalized spacial score (nSPS) is 14.0. The van der Waals surface area contributed by atoms with Crippen LogP contribution in [0.1, 0.15) is 35.1 Å². The molecule has 0 fully saturated rings. The molecule has 0 saturated heterocycles. The molecule has 0 atom stereocenters. The molecular formula is C23H15FN4O. The van der Waals surface area contributed by atoms with Crippen LogP contribution in [0.4, 0.5) is 10.2 Å². The Morgan fingerprint density at radius 3 is 2.62 bits per heavy atom. The molecule has 3 aromatic rings. The van der Waals surface area contributed by atoms with Gasteiger partial charge in [-0.15, -0.1) is 0 Å². The van der Waals surface area contributed by atoms with E-state index in [1.54, 1.807) is 37.3 Å². The van der Waals surface area contributed by atoms with Gasteiger partial charge in [-0.1, -0.05) is 12.1 Å². The van der Waals surface area contributed by atoms with E-state index >= 15 is 0 Å². The van der Waals surface area contributed by atoms with Crippen molar-refractivity contribution in [3.8, 4) is 23.5 Å². The van der Waals surface area contributed by atoms with Crippen molar-refractivity contribution in [3.63, 3.8) is 0 Å². The number of nitrogens with zero attached hydrogens (tertiary/aromatic N) is 3. The van der Waals surface area contributed by atoms with Gasteiger partial charge in [0.15, 0.2) is 0 Å². The lowest BCUT2D eigenvalue weighted by atomic mass is 9.96. The summed E-state index contributed by atoms with van der Waals surface area (Å²) in [6, 6.07) is 13.9. The van der Waals surface area contributed by atoms with Crippen LogP contribution in [0.15, 0.2) is 46.4 Å². The van der Waals surface area contributed by atoms with Crippen LogP contribution >= 0.6 is 0 Å². The molecule has 2 N–H and O–H groups in total. The Labute approximate surface area is 166 Å². The number of halogens is 1. The molecule has 0 amide bonds. The highest BCUT2D eigenvalue weighted by molar-refractivity contribution is 6.08. The van der Waals surface area contributed by atoms with E-state index in [0.29, 0.717) is 45.0 Å². The number of benzene rings is 1.